The van der Waals surface area contributed by atoms with Crippen LogP contribution in [0.2, 0.25) is 0 Å². The number of nitrogens with zero attached hydrogens (tertiary/aromatic N) is 2. The van der Waals surface area contributed by atoms with E-state index in [1.807, 2.05) is 29.2 Å². The maximum Gasteiger partial charge on any atom is 0.317 e. The van der Waals surface area contributed by atoms with E-state index in [1.165, 1.54) is 0 Å². The van der Waals surface area contributed by atoms with Crippen LogP contribution < -0.4 is 5.32 Å². The number of aromatic nitrogens is 1. The lowest BCUT2D eigenvalue weighted by Gasteiger charge is -2.31. The number of hydrogen-bond acceptors (Lipinski definition) is 4. The number of phenolic OH excluding ortho intramolecular Hbond substituents is 1. The van der Waals surface area contributed by atoms with Crippen molar-refractivity contribution in [3.63, 3.8) is 0 Å². The number of nitrogens with one attached hydrogen (secondary N) is 1. The van der Waals surface area contributed by atoms with Crippen LogP contribution in [0, 0.1) is 0 Å². The number of para-hydroxylation sites is 2. The number of oxazole rings is 1. The summed E-state index contributed by atoms with van der Waals surface area (Å²) in [6.07, 6.45) is 1.89. The molecule has 0 aliphatic carbocycles. The van der Waals surface area contributed by atoms with Gasteiger partial charge in [0.05, 0.1) is 5.92 Å². The number of benzene rings is 2. The van der Waals surface area contributed by atoms with E-state index in [0.717, 1.165) is 36.0 Å². The number of phenols is 1. The average molecular weight is 351 g/mol. The van der Waals surface area contributed by atoms with E-state index in [-0.39, 0.29) is 17.7 Å². The fourth-order valence-corrected chi connectivity index (χ4v) is 3.33. The Hall–Kier alpha value is -3.02. The second-order valence-corrected chi connectivity index (χ2v) is 6.63. The maximum atomic E-state index is 12.5. The number of carbonyl (C=O) groups is 1. The van der Waals surface area contributed by atoms with Crippen molar-refractivity contribution in [3.8, 4) is 5.75 Å². The van der Waals surface area contributed by atoms with Gasteiger partial charge in [-0.1, -0.05) is 24.3 Å². The van der Waals surface area contributed by atoms with Gasteiger partial charge >= 0.3 is 6.03 Å². The fraction of sp³-hybridized carbons (Fsp3) is 0.300. The van der Waals surface area contributed by atoms with Crippen molar-refractivity contribution >= 4 is 17.1 Å². The number of aromatic hydroxyl groups is 1. The molecule has 1 atom stereocenters. The summed E-state index contributed by atoms with van der Waals surface area (Å²) in [6.45, 7) is 1.77. The molecule has 0 radical (unpaired) electrons. The van der Waals surface area contributed by atoms with Crippen LogP contribution in [-0.2, 0) is 6.54 Å². The molecule has 2 amide bonds. The zero-order valence-corrected chi connectivity index (χ0v) is 14.4. The molecular formula is C20H21N3O3. The van der Waals surface area contributed by atoms with Crippen LogP contribution in [0.4, 0.5) is 4.79 Å². The van der Waals surface area contributed by atoms with Crippen LogP contribution in [0.15, 0.2) is 52.9 Å². The predicted octanol–water partition coefficient (Wildman–Crippen LogP) is 3.62. The topological polar surface area (TPSA) is 78.6 Å². The summed E-state index contributed by atoms with van der Waals surface area (Å²) in [6, 6.07) is 14.5. The van der Waals surface area contributed by atoms with Crippen molar-refractivity contribution in [1.29, 1.82) is 0 Å². The molecule has 1 aliphatic rings. The Bertz CT molecular complexity index is 871. The van der Waals surface area contributed by atoms with Crippen molar-refractivity contribution in [1.82, 2.24) is 15.2 Å². The van der Waals surface area contributed by atoms with E-state index in [1.54, 1.807) is 24.3 Å². The monoisotopic (exact) mass is 351 g/mol. The minimum absolute atomic E-state index is 0.0844. The Morgan fingerprint density at radius 2 is 2.04 bits per heavy atom. The molecule has 2 heterocycles. The van der Waals surface area contributed by atoms with Gasteiger partial charge in [0.1, 0.15) is 11.3 Å². The normalized spacial score (nSPS) is 17.4. The Balaban J connectivity index is 1.39. The molecule has 26 heavy (non-hydrogen) atoms. The summed E-state index contributed by atoms with van der Waals surface area (Å²) in [7, 11) is 0. The zero-order chi connectivity index (χ0) is 17.9. The Kier molecular flexibility index (Phi) is 4.48. The number of hydrogen-bond donors (Lipinski definition) is 2. The molecule has 4 rings (SSSR count). The molecule has 6 nitrogen and oxygen atoms in total. The standard InChI is InChI=1S/C20H21N3O3/c24-16-9-7-14(8-10-16)12-21-20(25)23-11-3-4-15(13-23)19-22-17-5-1-2-6-18(17)26-19/h1-2,5-10,15,24H,3-4,11-13H2,(H,21,25)/t15-/m0/s1. The average Bonchev–Trinajstić information content (AvgIpc) is 3.12. The van der Waals surface area contributed by atoms with Gasteiger partial charge in [0.25, 0.3) is 0 Å². The van der Waals surface area contributed by atoms with Crippen LogP contribution in [0.1, 0.15) is 30.2 Å². The molecule has 0 spiro atoms. The second-order valence-electron chi connectivity index (χ2n) is 6.63. The lowest BCUT2D eigenvalue weighted by atomic mass is 9.98. The summed E-state index contributed by atoms with van der Waals surface area (Å²) in [5.74, 6) is 1.05. The van der Waals surface area contributed by atoms with Gasteiger partial charge in [-0.25, -0.2) is 9.78 Å². The van der Waals surface area contributed by atoms with Gasteiger partial charge in [-0.3, -0.25) is 0 Å². The summed E-state index contributed by atoms with van der Waals surface area (Å²) in [5, 5.41) is 12.3. The van der Waals surface area contributed by atoms with Gasteiger partial charge in [0.2, 0.25) is 0 Å². The third-order valence-corrected chi connectivity index (χ3v) is 4.75. The molecule has 6 heteroatoms. The minimum Gasteiger partial charge on any atom is -0.508 e. The highest BCUT2D eigenvalue weighted by Crippen LogP contribution is 2.29. The molecule has 2 aromatic carbocycles. The highest BCUT2D eigenvalue weighted by molar-refractivity contribution is 5.74. The van der Waals surface area contributed by atoms with E-state index in [2.05, 4.69) is 10.3 Å². The molecular weight excluding hydrogens is 330 g/mol. The lowest BCUT2D eigenvalue weighted by Crippen LogP contribution is -2.44. The van der Waals surface area contributed by atoms with E-state index in [0.29, 0.717) is 19.0 Å². The quantitative estimate of drug-likeness (QED) is 0.755. The first-order chi connectivity index (χ1) is 12.7. The largest absolute Gasteiger partial charge is 0.508 e. The van der Waals surface area contributed by atoms with Gasteiger partial charge < -0.3 is 19.7 Å². The van der Waals surface area contributed by atoms with Gasteiger partial charge in [-0.15, -0.1) is 0 Å². The number of urea groups is 1. The Labute approximate surface area is 151 Å². The smallest absolute Gasteiger partial charge is 0.317 e. The fourth-order valence-electron chi connectivity index (χ4n) is 3.33. The van der Waals surface area contributed by atoms with Crippen molar-refractivity contribution in [2.45, 2.75) is 25.3 Å². The summed E-state index contributed by atoms with van der Waals surface area (Å²) in [5.41, 5.74) is 2.59. The number of carbonyl (C=O) groups excluding carboxylic acids is 1. The third-order valence-electron chi connectivity index (χ3n) is 4.75. The summed E-state index contributed by atoms with van der Waals surface area (Å²) >= 11 is 0. The Morgan fingerprint density at radius 1 is 1.23 bits per heavy atom. The molecule has 3 aromatic rings. The SMILES string of the molecule is O=C(NCc1ccc(O)cc1)N1CCC[C@H](c2nc3ccccc3o2)C1. The minimum atomic E-state index is -0.0844. The lowest BCUT2D eigenvalue weighted by molar-refractivity contribution is 0.174. The van der Waals surface area contributed by atoms with Crippen molar-refractivity contribution in [3.05, 3.63) is 60.0 Å². The van der Waals surface area contributed by atoms with Gasteiger partial charge in [-0.05, 0) is 42.7 Å². The molecule has 1 saturated heterocycles. The molecule has 1 aromatic heterocycles. The zero-order valence-electron chi connectivity index (χ0n) is 14.4. The van der Waals surface area contributed by atoms with E-state index in [4.69, 9.17) is 4.42 Å². The summed E-state index contributed by atoms with van der Waals surface area (Å²) < 4.78 is 5.88. The van der Waals surface area contributed by atoms with Crippen LogP contribution >= 0.6 is 0 Å². The molecule has 1 fully saturated rings. The number of likely N-dealkylation sites (tertiary alicyclic amines) is 1. The van der Waals surface area contributed by atoms with Gasteiger partial charge in [-0.2, -0.15) is 0 Å². The van der Waals surface area contributed by atoms with Crippen molar-refractivity contribution in [2.24, 2.45) is 0 Å². The highest BCUT2D eigenvalue weighted by Gasteiger charge is 2.28. The first-order valence-corrected chi connectivity index (χ1v) is 8.85. The molecule has 0 bridgehead atoms. The van der Waals surface area contributed by atoms with Crippen LogP contribution in [0.25, 0.3) is 11.1 Å². The highest BCUT2D eigenvalue weighted by atomic mass is 16.3. The first-order valence-electron chi connectivity index (χ1n) is 8.85. The van der Waals surface area contributed by atoms with E-state index in [9.17, 15) is 9.90 Å². The molecule has 0 unspecified atom stereocenters. The van der Waals surface area contributed by atoms with Gasteiger partial charge in [0.15, 0.2) is 11.5 Å². The molecule has 2 N–H and O–H groups in total. The second kappa shape index (κ2) is 7.07. The first kappa shape index (κ1) is 16.4. The Morgan fingerprint density at radius 3 is 2.85 bits per heavy atom. The summed E-state index contributed by atoms with van der Waals surface area (Å²) in [4.78, 5) is 18.9. The molecule has 0 saturated carbocycles. The van der Waals surface area contributed by atoms with Crippen LogP contribution in [0.5, 0.6) is 5.75 Å². The van der Waals surface area contributed by atoms with Crippen LogP contribution in [0.3, 0.4) is 0 Å². The van der Waals surface area contributed by atoms with Crippen molar-refractivity contribution < 1.29 is 14.3 Å². The van der Waals surface area contributed by atoms with Crippen LogP contribution in [-0.4, -0.2) is 34.1 Å². The third kappa shape index (κ3) is 3.49. The van der Waals surface area contributed by atoms with E-state index >= 15 is 0 Å². The van der Waals surface area contributed by atoms with E-state index < -0.39 is 0 Å². The predicted molar refractivity (Wildman–Crippen MR) is 97.9 cm³/mol. The molecule has 134 valence electrons. The number of amides is 2. The van der Waals surface area contributed by atoms with Crippen molar-refractivity contribution in [2.75, 3.05) is 13.1 Å². The van der Waals surface area contributed by atoms with Gasteiger partial charge in [0, 0.05) is 19.6 Å². The number of rotatable bonds is 3. The molecule has 1 aliphatic heterocycles. The number of fused-ring (bicyclic) bond motifs is 1. The number of piperidine rings is 1. The maximum absolute atomic E-state index is 12.5.